The molecule has 33 heavy (non-hydrogen) atoms. The molecule has 2 atom stereocenters. The lowest BCUT2D eigenvalue weighted by molar-refractivity contribution is -0.135. The lowest BCUT2D eigenvalue weighted by atomic mass is 9.75. The van der Waals surface area contributed by atoms with Crippen LogP contribution in [-0.2, 0) is 24.4 Å². The van der Waals surface area contributed by atoms with E-state index in [1.54, 1.807) is 10.9 Å². The molecule has 1 saturated carbocycles. The van der Waals surface area contributed by atoms with Crippen LogP contribution >= 0.6 is 0 Å². The molecule has 1 aliphatic carbocycles. The van der Waals surface area contributed by atoms with Gasteiger partial charge in [-0.15, -0.1) is 0 Å². The van der Waals surface area contributed by atoms with Gasteiger partial charge in [0, 0.05) is 19.6 Å². The van der Waals surface area contributed by atoms with E-state index in [0.717, 1.165) is 23.1 Å². The van der Waals surface area contributed by atoms with Crippen LogP contribution in [0, 0.1) is 11.8 Å². The Balaban J connectivity index is 1.50. The monoisotopic (exact) mass is 449 g/mol. The zero-order chi connectivity index (χ0) is 22.9. The first-order valence-corrected chi connectivity index (χ1v) is 12.1. The van der Waals surface area contributed by atoms with Gasteiger partial charge in [0.1, 0.15) is 6.54 Å². The number of amides is 1. The Kier molecular flexibility index (Phi) is 5.91. The van der Waals surface area contributed by atoms with Crippen LogP contribution in [-0.4, -0.2) is 42.6 Å². The number of piperidine rings is 1. The molecule has 8 heteroatoms. The number of hydrogen-bond acceptors (Lipinski definition) is 4. The van der Waals surface area contributed by atoms with Gasteiger partial charge in [0.15, 0.2) is 11.2 Å². The molecule has 2 unspecified atom stereocenters. The number of aryl methyl sites for hydroxylation is 1. The van der Waals surface area contributed by atoms with E-state index in [0.29, 0.717) is 42.6 Å². The number of carbonyl (C=O) groups excluding carboxylic acids is 1. The van der Waals surface area contributed by atoms with Crippen LogP contribution in [0.5, 0.6) is 0 Å². The van der Waals surface area contributed by atoms with E-state index in [1.165, 1.54) is 30.3 Å². The van der Waals surface area contributed by atoms with Crippen molar-refractivity contribution in [3.8, 4) is 0 Å². The van der Waals surface area contributed by atoms with Gasteiger partial charge in [0.2, 0.25) is 5.91 Å². The molecule has 1 aromatic carbocycles. The van der Waals surface area contributed by atoms with Crippen LogP contribution in [0.1, 0.15) is 44.6 Å². The zero-order valence-corrected chi connectivity index (χ0v) is 19.2. The number of fused-ring (bicyclic) bond motifs is 2. The molecular weight excluding hydrogens is 418 g/mol. The van der Waals surface area contributed by atoms with Gasteiger partial charge in [-0.2, -0.15) is 0 Å². The summed E-state index contributed by atoms with van der Waals surface area (Å²) in [5.41, 5.74) is 0.732. The van der Waals surface area contributed by atoms with Crippen LogP contribution in [0.25, 0.3) is 11.2 Å². The van der Waals surface area contributed by atoms with Gasteiger partial charge in [-0.3, -0.25) is 14.2 Å². The summed E-state index contributed by atoms with van der Waals surface area (Å²) in [4.78, 5) is 46.3. The van der Waals surface area contributed by atoms with Gasteiger partial charge >= 0.3 is 5.69 Å². The fourth-order valence-electron chi connectivity index (χ4n) is 5.59. The van der Waals surface area contributed by atoms with Gasteiger partial charge in [-0.25, -0.2) is 14.3 Å². The summed E-state index contributed by atoms with van der Waals surface area (Å²) in [7, 11) is 0. The number of benzene rings is 1. The molecule has 0 N–H and O–H groups in total. The molecule has 174 valence electrons. The molecule has 1 amide bonds. The van der Waals surface area contributed by atoms with Gasteiger partial charge in [-0.05, 0) is 37.2 Å². The van der Waals surface area contributed by atoms with Crippen molar-refractivity contribution < 1.29 is 4.79 Å². The number of aromatic nitrogens is 4. The van der Waals surface area contributed by atoms with Crippen molar-refractivity contribution in [2.45, 2.75) is 58.7 Å². The van der Waals surface area contributed by atoms with Crippen molar-refractivity contribution in [1.29, 1.82) is 0 Å². The molecule has 0 spiro atoms. The normalized spacial score (nSPS) is 20.7. The van der Waals surface area contributed by atoms with Crippen LogP contribution in [0.2, 0.25) is 0 Å². The minimum Gasteiger partial charge on any atom is -0.341 e. The fourth-order valence-corrected chi connectivity index (χ4v) is 5.59. The number of nitrogens with zero attached hydrogens (tertiary/aromatic N) is 5. The molecule has 1 aliphatic heterocycles. The maximum atomic E-state index is 13.5. The van der Waals surface area contributed by atoms with Crippen LogP contribution < -0.4 is 11.2 Å². The third-order valence-corrected chi connectivity index (χ3v) is 7.45. The van der Waals surface area contributed by atoms with Gasteiger partial charge in [0.05, 0.1) is 12.9 Å². The van der Waals surface area contributed by atoms with E-state index < -0.39 is 11.2 Å². The van der Waals surface area contributed by atoms with Gasteiger partial charge < -0.3 is 9.47 Å². The molecular formula is C25H31N5O3. The third kappa shape index (κ3) is 4.03. The molecule has 0 bridgehead atoms. The molecule has 2 aromatic heterocycles. The first-order valence-electron chi connectivity index (χ1n) is 12.1. The summed E-state index contributed by atoms with van der Waals surface area (Å²) in [5, 5.41) is 0. The van der Waals surface area contributed by atoms with E-state index in [-0.39, 0.29) is 12.5 Å². The van der Waals surface area contributed by atoms with E-state index in [2.05, 4.69) is 4.98 Å². The van der Waals surface area contributed by atoms with Crippen molar-refractivity contribution >= 4 is 17.1 Å². The van der Waals surface area contributed by atoms with E-state index in [4.69, 9.17) is 0 Å². The van der Waals surface area contributed by atoms with E-state index >= 15 is 0 Å². The largest absolute Gasteiger partial charge is 0.341 e. The average Bonchev–Trinajstić information content (AvgIpc) is 3.29. The SMILES string of the molecule is CCn1cnc2c1c(=O)n(CC(=O)N1CCC3CCCCC3C1)c(=O)n2Cc1ccccc1. The highest BCUT2D eigenvalue weighted by Crippen LogP contribution is 2.36. The molecule has 3 heterocycles. The lowest BCUT2D eigenvalue weighted by Crippen LogP contribution is -2.49. The highest BCUT2D eigenvalue weighted by Gasteiger charge is 2.33. The summed E-state index contributed by atoms with van der Waals surface area (Å²) < 4.78 is 4.36. The van der Waals surface area contributed by atoms with Crippen molar-refractivity contribution in [1.82, 2.24) is 23.6 Å². The summed E-state index contributed by atoms with van der Waals surface area (Å²) in [5.74, 6) is 1.11. The predicted octanol–water partition coefficient (Wildman–Crippen LogP) is 2.47. The minimum absolute atomic E-state index is 0.147. The van der Waals surface area contributed by atoms with Gasteiger partial charge in [0.25, 0.3) is 5.56 Å². The number of likely N-dealkylation sites (tertiary alicyclic amines) is 1. The standard InChI is InChI=1S/C25H31N5O3/c1-2-27-17-26-23-22(27)24(32)30(25(33)29(23)14-18-8-4-3-5-9-18)16-21(31)28-13-12-19-10-6-7-11-20(19)15-28/h3-5,8-9,17,19-20H,2,6-7,10-16H2,1H3. The van der Waals surface area contributed by atoms with E-state index in [9.17, 15) is 14.4 Å². The number of rotatable bonds is 5. The Morgan fingerprint density at radius 2 is 1.79 bits per heavy atom. The molecule has 3 aromatic rings. The van der Waals surface area contributed by atoms with Crippen LogP contribution in [0.4, 0.5) is 0 Å². The molecule has 5 rings (SSSR count). The van der Waals surface area contributed by atoms with Gasteiger partial charge in [-0.1, -0.05) is 49.6 Å². The number of carbonyl (C=O) groups is 1. The molecule has 8 nitrogen and oxygen atoms in total. The Bertz CT molecular complexity index is 1270. The zero-order valence-electron chi connectivity index (χ0n) is 19.2. The Labute approximate surface area is 192 Å². The minimum atomic E-state index is -0.487. The fraction of sp³-hybridized carbons (Fsp3) is 0.520. The smallest absolute Gasteiger partial charge is 0.333 e. The highest BCUT2D eigenvalue weighted by molar-refractivity contribution is 5.77. The topological polar surface area (TPSA) is 82.1 Å². The van der Waals surface area contributed by atoms with Crippen molar-refractivity contribution in [3.05, 3.63) is 63.1 Å². The highest BCUT2D eigenvalue weighted by atomic mass is 16.2. The summed E-state index contributed by atoms with van der Waals surface area (Å²) in [6, 6.07) is 9.62. The average molecular weight is 450 g/mol. The Morgan fingerprint density at radius 1 is 1.03 bits per heavy atom. The Morgan fingerprint density at radius 3 is 2.55 bits per heavy atom. The third-order valence-electron chi connectivity index (χ3n) is 7.45. The van der Waals surface area contributed by atoms with E-state index in [1.807, 2.05) is 42.2 Å². The van der Waals surface area contributed by atoms with Crippen LogP contribution in [0.15, 0.2) is 46.2 Å². The number of hydrogen-bond donors (Lipinski definition) is 0. The van der Waals surface area contributed by atoms with Crippen molar-refractivity contribution in [2.75, 3.05) is 13.1 Å². The van der Waals surface area contributed by atoms with Crippen LogP contribution in [0.3, 0.4) is 0 Å². The van der Waals surface area contributed by atoms with Crippen molar-refractivity contribution in [2.24, 2.45) is 11.8 Å². The second kappa shape index (κ2) is 9.00. The maximum absolute atomic E-state index is 13.5. The molecule has 2 aliphatic rings. The maximum Gasteiger partial charge on any atom is 0.333 e. The molecule has 2 fully saturated rings. The summed E-state index contributed by atoms with van der Waals surface area (Å²) in [6.45, 7) is 4.00. The summed E-state index contributed by atoms with van der Waals surface area (Å²) in [6.07, 6.45) is 7.55. The first kappa shape index (κ1) is 21.7. The summed E-state index contributed by atoms with van der Waals surface area (Å²) >= 11 is 0. The lowest BCUT2D eigenvalue weighted by Gasteiger charge is -2.41. The number of imidazole rings is 1. The first-order chi connectivity index (χ1) is 16.1. The second-order valence-electron chi connectivity index (χ2n) is 9.38. The van der Waals surface area contributed by atoms with Crippen molar-refractivity contribution in [3.63, 3.8) is 0 Å². The second-order valence-corrected chi connectivity index (χ2v) is 9.38. The predicted molar refractivity (Wildman–Crippen MR) is 126 cm³/mol. The molecule has 1 saturated heterocycles. The quantitative estimate of drug-likeness (QED) is 0.599. The molecule has 0 radical (unpaired) electrons. The Hall–Kier alpha value is -3.16.